The van der Waals surface area contributed by atoms with Gasteiger partial charge in [0.1, 0.15) is 6.04 Å². The molecular formula is C6H9NO2. The van der Waals surface area contributed by atoms with Crippen molar-refractivity contribution in [3.63, 3.8) is 0 Å². The maximum Gasteiger partial charge on any atom is 0.320 e. The zero-order valence-electron chi connectivity index (χ0n) is 5.00. The van der Waals surface area contributed by atoms with Crippen LogP contribution in [0.25, 0.3) is 0 Å². The molecule has 2 unspecified atom stereocenters. The first-order chi connectivity index (χ1) is 4.27. The minimum Gasteiger partial charge on any atom is -0.480 e. The third kappa shape index (κ3) is 0.721. The van der Waals surface area contributed by atoms with E-state index in [1.165, 1.54) is 6.42 Å². The summed E-state index contributed by atoms with van der Waals surface area (Å²) in [4.78, 5) is 10.3. The van der Waals surface area contributed by atoms with E-state index >= 15 is 0 Å². The van der Waals surface area contributed by atoms with Crippen LogP contribution in [0, 0.1) is 5.92 Å². The van der Waals surface area contributed by atoms with Crippen molar-refractivity contribution in [3.05, 3.63) is 0 Å². The van der Waals surface area contributed by atoms with E-state index in [2.05, 4.69) is 5.32 Å². The van der Waals surface area contributed by atoms with Gasteiger partial charge in [-0.15, -0.1) is 0 Å². The third-order valence-electron chi connectivity index (χ3n) is 2.17. The van der Waals surface area contributed by atoms with Gasteiger partial charge in [-0.1, -0.05) is 0 Å². The lowest BCUT2D eigenvalue weighted by molar-refractivity contribution is -0.139. The number of carboxylic acids is 1. The molecule has 0 aromatic rings. The zero-order chi connectivity index (χ0) is 6.43. The Balaban J connectivity index is 1.97. The summed E-state index contributed by atoms with van der Waals surface area (Å²) in [5.41, 5.74) is 0. The molecule has 1 heterocycles. The summed E-state index contributed by atoms with van der Waals surface area (Å²) in [7, 11) is 0. The predicted molar refractivity (Wildman–Crippen MR) is 31.1 cm³/mol. The van der Waals surface area contributed by atoms with Crippen LogP contribution in [0.1, 0.15) is 12.8 Å². The summed E-state index contributed by atoms with van der Waals surface area (Å²) in [6.07, 6.45) is 2.05. The second kappa shape index (κ2) is 1.48. The molecule has 9 heavy (non-hydrogen) atoms. The standard InChI is InChI=1S/C6H9NO2/c8-6(9)5-2-3-1-4(3)7-5/h3-5,7H,1-2H2,(H,8,9)/t3?,4?,5-/m0/s1. The number of aliphatic carboxylic acids is 1. The van der Waals surface area contributed by atoms with E-state index in [1.807, 2.05) is 0 Å². The highest BCUT2D eigenvalue weighted by Gasteiger charge is 2.47. The van der Waals surface area contributed by atoms with Gasteiger partial charge in [0.25, 0.3) is 0 Å². The van der Waals surface area contributed by atoms with E-state index in [-0.39, 0.29) is 6.04 Å². The molecule has 0 amide bonds. The highest BCUT2D eigenvalue weighted by atomic mass is 16.4. The van der Waals surface area contributed by atoms with E-state index in [0.29, 0.717) is 12.0 Å². The fraction of sp³-hybridized carbons (Fsp3) is 0.833. The van der Waals surface area contributed by atoms with Crippen LogP contribution in [0.2, 0.25) is 0 Å². The lowest BCUT2D eigenvalue weighted by atomic mass is 10.2. The molecular weight excluding hydrogens is 118 g/mol. The highest BCUT2D eigenvalue weighted by molar-refractivity contribution is 5.74. The van der Waals surface area contributed by atoms with Crippen molar-refractivity contribution in [2.75, 3.05) is 0 Å². The number of fused-ring (bicyclic) bond motifs is 1. The van der Waals surface area contributed by atoms with E-state index in [9.17, 15) is 4.79 Å². The third-order valence-corrected chi connectivity index (χ3v) is 2.17. The number of hydrogen-bond acceptors (Lipinski definition) is 2. The minimum absolute atomic E-state index is 0.242. The lowest BCUT2D eigenvalue weighted by Gasteiger charge is -2.04. The van der Waals surface area contributed by atoms with Gasteiger partial charge in [0.2, 0.25) is 0 Å². The zero-order valence-corrected chi connectivity index (χ0v) is 5.00. The number of carbonyl (C=O) groups is 1. The Bertz CT molecular complexity index is 147. The van der Waals surface area contributed by atoms with E-state index in [0.717, 1.165) is 6.42 Å². The lowest BCUT2D eigenvalue weighted by Crippen LogP contribution is -2.33. The molecule has 50 valence electrons. The molecule has 0 radical (unpaired) electrons. The molecule has 3 atom stereocenters. The number of rotatable bonds is 1. The normalized spacial score (nSPS) is 46.4. The average Bonchev–Trinajstić information content (AvgIpc) is 2.40. The molecule has 2 rings (SSSR count). The van der Waals surface area contributed by atoms with Crippen molar-refractivity contribution in [1.29, 1.82) is 0 Å². The number of piperidine rings is 1. The molecule has 2 aliphatic rings. The minimum atomic E-state index is -0.692. The predicted octanol–water partition coefficient (Wildman–Crippen LogP) is -0.179. The van der Waals surface area contributed by atoms with Gasteiger partial charge in [0, 0.05) is 6.04 Å². The fourth-order valence-corrected chi connectivity index (χ4v) is 1.51. The van der Waals surface area contributed by atoms with Gasteiger partial charge in [0.05, 0.1) is 0 Å². The Morgan fingerprint density at radius 1 is 1.56 bits per heavy atom. The summed E-state index contributed by atoms with van der Waals surface area (Å²) >= 11 is 0. The Morgan fingerprint density at radius 2 is 2.33 bits per heavy atom. The van der Waals surface area contributed by atoms with Crippen molar-refractivity contribution in [2.24, 2.45) is 5.92 Å². The first kappa shape index (κ1) is 5.23. The SMILES string of the molecule is O=C(O)[C@@H]1CC2CC2N1. The fourth-order valence-electron chi connectivity index (χ4n) is 1.51. The average molecular weight is 127 g/mol. The van der Waals surface area contributed by atoms with Gasteiger partial charge in [0.15, 0.2) is 0 Å². The van der Waals surface area contributed by atoms with Crippen molar-refractivity contribution >= 4 is 5.97 Å². The summed E-state index contributed by atoms with van der Waals surface area (Å²) in [6.45, 7) is 0. The van der Waals surface area contributed by atoms with Crippen LogP contribution in [0.5, 0.6) is 0 Å². The van der Waals surface area contributed by atoms with Gasteiger partial charge >= 0.3 is 5.97 Å². The van der Waals surface area contributed by atoms with Crippen molar-refractivity contribution < 1.29 is 9.90 Å². The maximum absolute atomic E-state index is 10.3. The molecule has 0 bridgehead atoms. The first-order valence-electron chi connectivity index (χ1n) is 3.26. The van der Waals surface area contributed by atoms with E-state index < -0.39 is 5.97 Å². The summed E-state index contributed by atoms with van der Waals surface area (Å²) in [6, 6.07) is 0.305. The van der Waals surface area contributed by atoms with Crippen molar-refractivity contribution in [2.45, 2.75) is 24.9 Å². The van der Waals surface area contributed by atoms with Gasteiger partial charge in [-0.2, -0.15) is 0 Å². The van der Waals surface area contributed by atoms with Gasteiger partial charge < -0.3 is 10.4 Å². The number of nitrogens with one attached hydrogen (secondary N) is 1. The molecule has 0 aromatic heterocycles. The van der Waals surface area contributed by atoms with Gasteiger partial charge in [-0.3, -0.25) is 4.79 Å². The van der Waals surface area contributed by atoms with Crippen LogP contribution < -0.4 is 5.32 Å². The van der Waals surface area contributed by atoms with Gasteiger partial charge in [-0.05, 0) is 18.8 Å². The molecule has 2 N–H and O–H groups in total. The molecule has 3 heteroatoms. The molecule has 0 aromatic carbocycles. The quantitative estimate of drug-likeness (QED) is 0.513. The molecule has 1 aliphatic heterocycles. The molecule has 1 saturated carbocycles. The highest BCUT2D eigenvalue weighted by Crippen LogP contribution is 2.40. The summed E-state index contributed by atoms with van der Waals surface area (Å²) in [5.74, 6) is -0.00620. The topological polar surface area (TPSA) is 49.3 Å². The first-order valence-corrected chi connectivity index (χ1v) is 3.26. The molecule has 1 aliphatic carbocycles. The second-order valence-electron chi connectivity index (χ2n) is 2.90. The van der Waals surface area contributed by atoms with E-state index in [1.54, 1.807) is 0 Å². The van der Waals surface area contributed by atoms with E-state index in [4.69, 9.17) is 5.11 Å². The Kier molecular flexibility index (Phi) is 0.858. The van der Waals surface area contributed by atoms with Crippen molar-refractivity contribution in [1.82, 2.24) is 5.32 Å². The van der Waals surface area contributed by atoms with Crippen LogP contribution in [0.15, 0.2) is 0 Å². The largest absolute Gasteiger partial charge is 0.480 e. The summed E-state index contributed by atoms with van der Waals surface area (Å²) in [5, 5.41) is 11.5. The Morgan fingerprint density at radius 3 is 2.67 bits per heavy atom. The second-order valence-corrected chi connectivity index (χ2v) is 2.90. The molecule has 3 nitrogen and oxygen atoms in total. The van der Waals surface area contributed by atoms with Crippen LogP contribution in [-0.2, 0) is 4.79 Å². The van der Waals surface area contributed by atoms with Crippen LogP contribution in [0.3, 0.4) is 0 Å². The smallest absolute Gasteiger partial charge is 0.320 e. The molecule has 2 fully saturated rings. The number of carboxylic acid groups (broad SMARTS) is 1. The Hall–Kier alpha value is -0.570. The number of hydrogen-bond donors (Lipinski definition) is 2. The monoisotopic (exact) mass is 127 g/mol. The van der Waals surface area contributed by atoms with Crippen LogP contribution in [-0.4, -0.2) is 23.2 Å². The molecule has 1 saturated heterocycles. The van der Waals surface area contributed by atoms with Crippen LogP contribution in [0.4, 0.5) is 0 Å². The summed E-state index contributed by atoms with van der Waals surface area (Å²) < 4.78 is 0. The Labute approximate surface area is 53.1 Å². The molecule has 0 spiro atoms. The van der Waals surface area contributed by atoms with Crippen molar-refractivity contribution in [3.8, 4) is 0 Å². The van der Waals surface area contributed by atoms with Gasteiger partial charge in [-0.25, -0.2) is 0 Å². The maximum atomic E-state index is 10.3. The van der Waals surface area contributed by atoms with Crippen LogP contribution >= 0.6 is 0 Å².